The smallest absolute Gasteiger partial charge is 0.258 e. The summed E-state index contributed by atoms with van der Waals surface area (Å²) in [5.41, 5.74) is 0.850. The predicted octanol–water partition coefficient (Wildman–Crippen LogP) is 3.36. The minimum absolute atomic E-state index is 0.0198. The van der Waals surface area contributed by atoms with Crippen molar-refractivity contribution in [3.05, 3.63) is 38.7 Å². The van der Waals surface area contributed by atoms with E-state index in [2.05, 4.69) is 20.9 Å². The molecule has 0 aromatic carbocycles. The van der Waals surface area contributed by atoms with E-state index in [4.69, 9.17) is 11.6 Å². The van der Waals surface area contributed by atoms with Gasteiger partial charge in [0.25, 0.3) is 5.69 Å². The minimum Gasteiger partial charge on any atom is -0.258 e. The van der Waals surface area contributed by atoms with Crippen LogP contribution in [0.3, 0.4) is 0 Å². The van der Waals surface area contributed by atoms with E-state index in [9.17, 15) is 10.1 Å². The van der Waals surface area contributed by atoms with Crippen molar-refractivity contribution in [1.82, 2.24) is 4.98 Å². The summed E-state index contributed by atoms with van der Waals surface area (Å²) >= 11 is 9.05. The van der Waals surface area contributed by atoms with E-state index in [1.54, 1.807) is 19.1 Å². The molecule has 0 aliphatic rings. The maximum absolute atomic E-state index is 10.6. The summed E-state index contributed by atoms with van der Waals surface area (Å²) in [7, 11) is 0. The van der Waals surface area contributed by atoms with Crippen LogP contribution in [0.5, 0.6) is 0 Å². The zero-order valence-electron chi connectivity index (χ0n) is 7.91. The molecule has 1 heterocycles. The zero-order valence-corrected chi connectivity index (χ0v) is 10.2. The molecule has 0 bridgehead atoms. The Balaban J connectivity index is 3.23. The van der Waals surface area contributed by atoms with Gasteiger partial charge in [0.15, 0.2) is 0 Å². The third-order valence-electron chi connectivity index (χ3n) is 1.75. The molecule has 1 aromatic rings. The number of nitro groups is 1. The lowest BCUT2D eigenvalue weighted by Crippen LogP contribution is -1.96. The summed E-state index contributed by atoms with van der Waals surface area (Å²) in [5, 5.41) is 11.6. The van der Waals surface area contributed by atoms with Gasteiger partial charge in [0.05, 0.1) is 4.92 Å². The SMILES string of the molecule is Cc1nc(Cl)c(C=CCBr)cc1[N+](=O)[O-]. The molecular weight excluding hydrogens is 283 g/mol. The summed E-state index contributed by atoms with van der Waals surface area (Å²) in [6, 6.07) is 1.42. The Morgan fingerprint density at radius 1 is 1.73 bits per heavy atom. The maximum Gasteiger partial charge on any atom is 0.291 e. The second-order valence-electron chi connectivity index (χ2n) is 2.79. The van der Waals surface area contributed by atoms with Crippen molar-refractivity contribution in [1.29, 1.82) is 0 Å². The van der Waals surface area contributed by atoms with Crippen LogP contribution < -0.4 is 0 Å². The zero-order chi connectivity index (χ0) is 11.4. The molecule has 0 aliphatic heterocycles. The number of aryl methyl sites for hydroxylation is 1. The van der Waals surface area contributed by atoms with Crippen LogP contribution in [0.25, 0.3) is 6.08 Å². The average molecular weight is 292 g/mol. The summed E-state index contributed by atoms with van der Waals surface area (Å²) in [6.45, 7) is 1.56. The van der Waals surface area contributed by atoms with Crippen molar-refractivity contribution in [2.45, 2.75) is 6.92 Å². The summed E-state index contributed by atoms with van der Waals surface area (Å²) in [5.74, 6) is 0. The fourth-order valence-electron chi connectivity index (χ4n) is 1.05. The van der Waals surface area contributed by atoms with Gasteiger partial charge in [-0.2, -0.15) is 0 Å². The molecule has 0 radical (unpaired) electrons. The molecule has 0 aliphatic carbocycles. The molecule has 1 rings (SSSR count). The number of hydrogen-bond donors (Lipinski definition) is 0. The van der Waals surface area contributed by atoms with Crippen LogP contribution in [-0.4, -0.2) is 15.2 Å². The molecule has 0 atom stereocenters. The lowest BCUT2D eigenvalue weighted by molar-refractivity contribution is -0.385. The third-order valence-corrected chi connectivity index (χ3v) is 2.43. The van der Waals surface area contributed by atoms with Crippen molar-refractivity contribution in [3.8, 4) is 0 Å². The van der Waals surface area contributed by atoms with Gasteiger partial charge < -0.3 is 0 Å². The fourth-order valence-corrected chi connectivity index (χ4v) is 1.48. The molecular formula is C9H8BrClN2O2. The Labute approximate surface area is 100 Å². The normalized spacial score (nSPS) is 10.9. The first kappa shape index (κ1) is 12.1. The third kappa shape index (κ3) is 3.00. The molecule has 0 fully saturated rings. The van der Waals surface area contributed by atoms with E-state index in [-0.39, 0.29) is 10.8 Å². The molecule has 0 saturated carbocycles. The first-order chi connectivity index (χ1) is 7.06. The highest BCUT2D eigenvalue weighted by molar-refractivity contribution is 9.09. The van der Waals surface area contributed by atoms with Gasteiger partial charge >= 0.3 is 0 Å². The topological polar surface area (TPSA) is 56.0 Å². The maximum atomic E-state index is 10.6. The summed E-state index contributed by atoms with van der Waals surface area (Å²) < 4.78 is 0. The van der Waals surface area contributed by atoms with Gasteiger partial charge in [-0.3, -0.25) is 10.1 Å². The highest BCUT2D eigenvalue weighted by Gasteiger charge is 2.14. The van der Waals surface area contributed by atoms with Crippen molar-refractivity contribution in [2.75, 3.05) is 5.33 Å². The quantitative estimate of drug-likeness (QED) is 0.371. The highest BCUT2D eigenvalue weighted by Crippen LogP contribution is 2.24. The van der Waals surface area contributed by atoms with Gasteiger partial charge in [0.2, 0.25) is 0 Å². The van der Waals surface area contributed by atoms with Gasteiger partial charge in [0.1, 0.15) is 10.8 Å². The van der Waals surface area contributed by atoms with Crippen LogP contribution in [0.1, 0.15) is 11.3 Å². The largest absolute Gasteiger partial charge is 0.291 e. The van der Waals surface area contributed by atoms with E-state index in [0.29, 0.717) is 16.6 Å². The number of pyridine rings is 1. The Morgan fingerprint density at radius 2 is 2.40 bits per heavy atom. The Morgan fingerprint density at radius 3 is 2.93 bits per heavy atom. The summed E-state index contributed by atoms with van der Waals surface area (Å²) in [4.78, 5) is 14.1. The predicted molar refractivity (Wildman–Crippen MR) is 63.5 cm³/mol. The molecule has 0 unspecified atom stereocenters. The van der Waals surface area contributed by atoms with Gasteiger partial charge in [-0.05, 0) is 6.92 Å². The van der Waals surface area contributed by atoms with Crippen molar-refractivity contribution < 1.29 is 4.92 Å². The molecule has 4 nitrogen and oxygen atoms in total. The molecule has 80 valence electrons. The first-order valence-electron chi connectivity index (χ1n) is 4.10. The average Bonchev–Trinajstić information content (AvgIpc) is 2.16. The highest BCUT2D eigenvalue weighted by atomic mass is 79.9. The van der Waals surface area contributed by atoms with Crippen LogP contribution in [0.2, 0.25) is 5.15 Å². The Bertz CT molecular complexity index is 421. The lowest BCUT2D eigenvalue weighted by atomic mass is 10.2. The van der Waals surface area contributed by atoms with Crippen LogP contribution in [0.4, 0.5) is 5.69 Å². The number of rotatable bonds is 3. The van der Waals surface area contributed by atoms with Crippen LogP contribution in [0.15, 0.2) is 12.1 Å². The second-order valence-corrected chi connectivity index (χ2v) is 3.79. The molecule has 15 heavy (non-hydrogen) atoms. The Hall–Kier alpha value is -0.940. The summed E-state index contributed by atoms with van der Waals surface area (Å²) in [6.07, 6.45) is 3.48. The van der Waals surface area contributed by atoms with Gasteiger partial charge in [-0.25, -0.2) is 4.98 Å². The van der Waals surface area contributed by atoms with E-state index < -0.39 is 4.92 Å². The van der Waals surface area contributed by atoms with E-state index in [0.717, 1.165) is 0 Å². The number of alkyl halides is 1. The van der Waals surface area contributed by atoms with Gasteiger partial charge in [-0.1, -0.05) is 39.7 Å². The molecule has 1 aromatic heterocycles. The van der Waals surface area contributed by atoms with E-state index in [1.807, 2.05) is 0 Å². The first-order valence-corrected chi connectivity index (χ1v) is 5.60. The number of halogens is 2. The fraction of sp³-hybridized carbons (Fsp3) is 0.222. The molecule has 0 amide bonds. The van der Waals surface area contributed by atoms with Gasteiger partial charge in [-0.15, -0.1) is 0 Å². The Kier molecular flexibility index (Phi) is 4.23. The second kappa shape index (κ2) is 5.23. The monoisotopic (exact) mass is 290 g/mol. The van der Waals surface area contributed by atoms with Crippen LogP contribution in [-0.2, 0) is 0 Å². The van der Waals surface area contributed by atoms with Crippen molar-refractivity contribution >= 4 is 39.3 Å². The van der Waals surface area contributed by atoms with E-state index in [1.165, 1.54) is 6.07 Å². The minimum atomic E-state index is -0.468. The molecule has 0 spiro atoms. The standard InChI is InChI=1S/C9H8BrClN2O2/c1-6-8(13(14)15)5-7(3-2-4-10)9(11)12-6/h2-3,5H,4H2,1H3. The molecule has 0 N–H and O–H groups in total. The van der Waals surface area contributed by atoms with E-state index >= 15 is 0 Å². The number of hydrogen-bond acceptors (Lipinski definition) is 3. The number of allylic oxidation sites excluding steroid dienone is 1. The van der Waals surface area contributed by atoms with Crippen LogP contribution >= 0.6 is 27.5 Å². The lowest BCUT2D eigenvalue weighted by Gasteiger charge is -2.00. The number of nitrogens with zero attached hydrogens (tertiary/aromatic N) is 2. The van der Waals surface area contributed by atoms with Crippen LogP contribution in [0, 0.1) is 17.0 Å². The molecule has 6 heteroatoms. The van der Waals surface area contributed by atoms with Crippen molar-refractivity contribution in [2.24, 2.45) is 0 Å². The molecule has 0 saturated heterocycles. The number of aromatic nitrogens is 1. The van der Waals surface area contributed by atoms with Gasteiger partial charge in [0, 0.05) is 17.0 Å². The van der Waals surface area contributed by atoms with Crippen molar-refractivity contribution in [3.63, 3.8) is 0 Å².